The number of amides is 1. The summed E-state index contributed by atoms with van der Waals surface area (Å²) in [6, 6.07) is 10.3. The highest BCUT2D eigenvalue weighted by molar-refractivity contribution is 7.16. The Balaban J connectivity index is 1.52. The van der Waals surface area contributed by atoms with Crippen molar-refractivity contribution in [2.75, 3.05) is 6.54 Å². The first-order valence-electron chi connectivity index (χ1n) is 8.15. The Morgan fingerprint density at radius 3 is 2.79 bits per heavy atom. The van der Waals surface area contributed by atoms with E-state index in [4.69, 9.17) is 0 Å². The highest BCUT2D eigenvalue weighted by Crippen LogP contribution is 2.29. The molecule has 3 aromatic rings. The van der Waals surface area contributed by atoms with E-state index in [1.807, 2.05) is 23.1 Å². The van der Waals surface area contributed by atoms with Gasteiger partial charge in [0.2, 0.25) is 10.9 Å². The van der Waals surface area contributed by atoms with Crippen LogP contribution in [0.15, 0.2) is 30.3 Å². The predicted molar refractivity (Wildman–Crippen MR) is 92.0 cm³/mol. The Morgan fingerprint density at radius 1 is 1.25 bits per heavy atom. The molecule has 1 aliphatic rings. The zero-order valence-electron chi connectivity index (χ0n) is 13.7. The van der Waals surface area contributed by atoms with E-state index in [1.165, 1.54) is 16.9 Å². The van der Waals surface area contributed by atoms with Gasteiger partial charge in [0.05, 0.1) is 6.54 Å². The monoisotopic (exact) mass is 341 g/mol. The lowest BCUT2D eigenvalue weighted by Gasteiger charge is -2.14. The third kappa shape index (κ3) is 2.69. The van der Waals surface area contributed by atoms with Crippen LogP contribution in [0.1, 0.15) is 48.5 Å². The first kappa shape index (κ1) is 15.3. The summed E-state index contributed by atoms with van der Waals surface area (Å²) in [7, 11) is 0. The molecule has 7 heteroatoms. The molecule has 6 nitrogen and oxygen atoms in total. The summed E-state index contributed by atoms with van der Waals surface area (Å²) in [5.41, 5.74) is 1.23. The van der Waals surface area contributed by atoms with E-state index in [9.17, 15) is 4.79 Å². The summed E-state index contributed by atoms with van der Waals surface area (Å²) < 4.78 is 1.81. The third-order valence-corrected chi connectivity index (χ3v) is 5.27. The average molecular weight is 341 g/mol. The van der Waals surface area contributed by atoms with Crippen LogP contribution in [-0.2, 0) is 11.3 Å². The largest absolute Gasteiger partial charge is 0.335 e. The highest BCUT2D eigenvalue weighted by atomic mass is 32.1. The van der Waals surface area contributed by atoms with Crippen molar-refractivity contribution < 1.29 is 4.79 Å². The molecule has 1 saturated heterocycles. The molecule has 24 heavy (non-hydrogen) atoms. The molecular weight excluding hydrogens is 322 g/mol. The number of aromatic nitrogens is 4. The number of hydrogen-bond acceptors (Lipinski definition) is 5. The van der Waals surface area contributed by atoms with E-state index < -0.39 is 0 Å². The molecule has 0 unspecified atom stereocenters. The van der Waals surface area contributed by atoms with Gasteiger partial charge in [-0.1, -0.05) is 55.5 Å². The normalized spacial score (nSPS) is 18.2. The van der Waals surface area contributed by atoms with E-state index in [-0.39, 0.29) is 17.7 Å². The Morgan fingerprint density at radius 2 is 2.04 bits per heavy atom. The van der Waals surface area contributed by atoms with Crippen molar-refractivity contribution >= 4 is 22.2 Å². The highest BCUT2D eigenvalue weighted by Gasteiger charge is 2.31. The summed E-state index contributed by atoms with van der Waals surface area (Å²) in [5.74, 6) is 1.60. The SMILES string of the molecule is CC(C)c1nnc2sc(CN3C[C@H](c4ccccc4)CC3=O)nn12. The van der Waals surface area contributed by atoms with Gasteiger partial charge in [-0.15, -0.1) is 10.2 Å². The maximum absolute atomic E-state index is 12.4. The lowest BCUT2D eigenvalue weighted by Crippen LogP contribution is -2.24. The van der Waals surface area contributed by atoms with Crippen LogP contribution in [0.2, 0.25) is 0 Å². The Labute approximate surface area is 144 Å². The fourth-order valence-electron chi connectivity index (χ4n) is 3.13. The molecule has 0 bridgehead atoms. The number of carbonyl (C=O) groups excluding carboxylic acids is 1. The fourth-order valence-corrected chi connectivity index (χ4v) is 3.99. The van der Waals surface area contributed by atoms with Crippen LogP contribution in [-0.4, -0.2) is 37.2 Å². The maximum atomic E-state index is 12.4. The Hall–Kier alpha value is -2.28. The minimum absolute atomic E-state index is 0.193. The molecular formula is C17H19N5OS. The van der Waals surface area contributed by atoms with Crippen molar-refractivity contribution in [3.63, 3.8) is 0 Å². The van der Waals surface area contributed by atoms with Gasteiger partial charge >= 0.3 is 0 Å². The second-order valence-electron chi connectivity index (χ2n) is 6.49. The van der Waals surface area contributed by atoms with Crippen LogP contribution in [0.5, 0.6) is 0 Å². The molecule has 1 fully saturated rings. The minimum Gasteiger partial charge on any atom is -0.335 e. The molecule has 124 valence electrons. The van der Waals surface area contributed by atoms with Gasteiger partial charge in [-0.05, 0) is 5.56 Å². The molecule has 0 radical (unpaired) electrons. The van der Waals surface area contributed by atoms with Gasteiger partial charge < -0.3 is 4.90 Å². The smallest absolute Gasteiger partial charge is 0.234 e. The van der Waals surface area contributed by atoms with Gasteiger partial charge in [0.1, 0.15) is 5.01 Å². The molecule has 1 aliphatic heterocycles. The number of rotatable bonds is 4. The van der Waals surface area contributed by atoms with Crippen LogP contribution in [0, 0.1) is 0 Å². The zero-order chi connectivity index (χ0) is 16.7. The molecule has 0 saturated carbocycles. The van der Waals surface area contributed by atoms with Crippen LogP contribution >= 0.6 is 11.3 Å². The molecule has 4 rings (SSSR count). The summed E-state index contributed by atoms with van der Waals surface area (Å²) in [4.78, 5) is 15.1. The third-order valence-electron chi connectivity index (χ3n) is 4.38. The van der Waals surface area contributed by atoms with Gasteiger partial charge in [-0.3, -0.25) is 4.79 Å². The summed E-state index contributed by atoms with van der Waals surface area (Å²) in [6.45, 7) is 5.45. The summed E-state index contributed by atoms with van der Waals surface area (Å²) in [5, 5.41) is 13.9. The van der Waals surface area contributed by atoms with E-state index in [2.05, 4.69) is 41.3 Å². The summed E-state index contributed by atoms with van der Waals surface area (Å²) >= 11 is 1.51. The maximum Gasteiger partial charge on any atom is 0.234 e. The number of likely N-dealkylation sites (tertiary alicyclic amines) is 1. The van der Waals surface area contributed by atoms with E-state index in [1.54, 1.807) is 4.52 Å². The van der Waals surface area contributed by atoms with Gasteiger partial charge in [-0.25, -0.2) is 0 Å². The van der Waals surface area contributed by atoms with Crippen LogP contribution in [0.3, 0.4) is 0 Å². The van der Waals surface area contributed by atoms with Crippen LogP contribution in [0.25, 0.3) is 4.96 Å². The molecule has 0 spiro atoms. The lowest BCUT2D eigenvalue weighted by atomic mass is 9.99. The topological polar surface area (TPSA) is 63.4 Å². The van der Waals surface area contributed by atoms with Crippen molar-refractivity contribution in [1.29, 1.82) is 0 Å². The molecule has 0 N–H and O–H groups in total. The van der Waals surface area contributed by atoms with Crippen molar-refractivity contribution in [2.24, 2.45) is 0 Å². The van der Waals surface area contributed by atoms with Crippen molar-refractivity contribution in [1.82, 2.24) is 24.7 Å². The van der Waals surface area contributed by atoms with E-state index >= 15 is 0 Å². The lowest BCUT2D eigenvalue weighted by molar-refractivity contribution is -0.128. The summed E-state index contributed by atoms with van der Waals surface area (Å²) in [6.07, 6.45) is 0.575. The molecule has 2 aromatic heterocycles. The first-order valence-corrected chi connectivity index (χ1v) is 8.97. The van der Waals surface area contributed by atoms with Gasteiger partial charge in [0.25, 0.3) is 0 Å². The molecule has 1 amide bonds. The zero-order valence-corrected chi connectivity index (χ0v) is 14.5. The molecule has 1 atom stereocenters. The van der Waals surface area contributed by atoms with Gasteiger partial charge in [-0.2, -0.15) is 9.61 Å². The molecule has 1 aromatic carbocycles. The van der Waals surface area contributed by atoms with Crippen LogP contribution in [0.4, 0.5) is 0 Å². The molecule has 3 heterocycles. The second kappa shape index (κ2) is 5.98. The Bertz CT molecular complexity index is 870. The number of hydrogen-bond donors (Lipinski definition) is 0. The van der Waals surface area contributed by atoms with Gasteiger partial charge in [0.15, 0.2) is 5.82 Å². The van der Waals surface area contributed by atoms with Gasteiger partial charge in [0, 0.05) is 24.8 Å². The second-order valence-corrected chi connectivity index (χ2v) is 7.53. The number of carbonyl (C=O) groups is 1. The number of fused-ring (bicyclic) bond motifs is 1. The van der Waals surface area contributed by atoms with E-state index in [0.29, 0.717) is 13.0 Å². The van der Waals surface area contributed by atoms with Crippen LogP contribution < -0.4 is 0 Å². The quantitative estimate of drug-likeness (QED) is 0.732. The van der Waals surface area contributed by atoms with E-state index in [0.717, 1.165) is 22.3 Å². The first-order chi connectivity index (χ1) is 11.6. The standard InChI is InChI=1S/C17H19N5OS/c1-11(2)16-18-19-17-22(16)20-14(24-17)10-21-9-13(8-15(21)23)12-6-4-3-5-7-12/h3-7,11,13H,8-10H2,1-2H3/t13-/m1/s1. The average Bonchev–Trinajstić information content (AvgIpc) is 3.23. The predicted octanol–water partition coefficient (Wildman–Crippen LogP) is 2.83. The van der Waals surface area contributed by atoms with Crippen molar-refractivity contribution in [3.8, 4) is 0 Å². The van der Waals surface area contributed by atoms with Crippen molar-refractivity contribution in [2.45, 2.75) is 38.6 Å². The number of benzene rings is 1. The number of nitrogens with zero attached hydrogens (tertiary/aromatic N) is 5. The van der Waals surface area contributed by atoms with Crippen molar-refractivity contribution in [3.05, 3.63) is 46.7 Å². The molecule has 0 aliphatic carbocycles. The fraction of sp³-hybridized carbons (Fsp3) is 0.412. The Kier molecular flexibility index (Phi) is 3.80. The minimum atomic E-state index is 0.193.